The van der Waals surface area contributed by atoms with Gasteiger partial charge in [-0.05, 0) is 24.5 Å². The van der Waals surface area contributed by atoms with Crippen molar-refractivity contribution in [3.63, 3.8) is 0 Å². The van der Waals surface area contributed by atoms with E-state index in [1.807, 2.05) is 25.1 Å². The summed E-state index contributed by atoms with van der Waals surface area (Å²) in [6, 6.07) is 5.95. The van der Waals surface area contributed by atoms with Crippen molar-refractivity contribution in [2.45, 2.75) is 19.9 Å². The van der Waals surface area contributed by atoms with Crippen LogP contribution < -0.4 is 5.73 Å². The van der Waals surface area contributed by atoms with E-state index in [-0.39, 0.29) is 11.9 Å². The highest BCUT2D eigenvalue weighted by Gasteiger charge is 2.32. The summed E-state index contributed by atoms with van der Waals surface area (Å²) in [6.45, 7) is 5.39. The number of nitrogens with two attached hydrogens (primary N) is 1. The van der Waals surface area contributed by atoms with Gasteiger partial charge in [-0.1, -0.05) is 19.1 Å². The Morgan fingerprint density at radius 1 is 1.47 bits per heavy atom. The molecule has 3 rings (SSSR count). The van der Waals surface area contributed by atoms with Crippen molar-refractivity contribution >= 4 is 16.8 Å². The molecule has 5 heteroatoms. The fourth-order valence-electron chi connectivity index (χ4n) is 2.71. The molecule has 0 unspecified atom stereocenters. The average molecular weight is 258 g/mol. The third-order valence-electron chi connectivity index (χ3n) is 3.96. The number of aromatic amines is 1. The molecule has 0 bridgehead atoms. The van der Waals surface area contributed by atoms with Crippen molar-refractivity contribution in [3.8, 4) is 0 Å². The third-order valence-corrected chi connectivity index (χ3v) is 3.96. The van der Waals surface area contributed by atoms with Gasteiger partial charge in [-0.2, -0.15) is 5.10 Å². The lowest BCUT2D eigenvalue weighted by atomic mass is 10.1. The number of rotatable bonds is 1. The number of hydrogen-bond donors (Lipinski definition) is 2. The Morgan fingerprint density at radius 3 is 2.95 bits per heavy atom. The molecule has 2 aromatic rings. The zero-order valence-electron chi connectivity index (χ0n) is 11.2. The molecule has 100 valence electrons. The molecule has 0 radical (unpaired) electrons. The second-order valence-corrected chi connectivity index (χ2v) is 5.42. The van der Waals surface area contributed by atoms with E-state index in [9.17, 15) is 4.79 Å². The maximum absolute atomic E-state index is 12.6. The number of benzene rings is 1. The summed E-state index contributed by atoms with van der Waals surface area (Å²) in [5.74, 6) is 0.315. The minimum absolute atomic E-state index is 0.0275. The Kier molecular flexibility index (Phi) is 2.78. The lowest BCUT2D eigenvalue weighted by Gasteiger charge is -2.14. The first-order chi connectivity index (χ1) is 9.08. The molecule has 19 heavy (non-hydrogen) atoms. The first kappa shape index (κ1) is 12.2. The Labute approximate surface area is 111 Å². The van der Waals surface area contributed by atoms with Crippen LogP contribution in [0.5, 0.6) is 0 Å². The Morgan fingerprint density at radius 2 is 2.26 bits per heavy atom. The van der Waals surface area contributed by atoms with Gasteiger partial charge in [-0.3, -0.25) is 9.89 Å². The molecule has 0 aliphatic carbocycles. The molecule has 1 amide bonds. The summed E-state index contributed by atoms with van der Waals surface area (Å²) in [5.41, 5.74) is 8.45. The van der Waals surface area contributed by atoms with Crippen LogP contribution in [0.4, 0.5) is 0 Å². The summed E-state index contributed by atoms with van der Waals surface area (Å²) in [4.78, 5) is 14.4. The lowest BCUT2D eigenvalue weighted by Crippen LogP contribution is -2.32. The maximum Gasteiger partial charge on any atom is 0.275 e. The van der Waals surface area contributed by atoms with E-state index in [1.165, 1.54) is 0 Å². The number of fused-ring (bicyclic) bond motifs is 1. The van der Waals surface area contributed by atoms with E-state index in [1.54, 1.807) is 4.90 Å². The van der Waals surface area contributed by atoms with Gasteiger partial charge in [-0.15, -0.1) is 0 Å². The number of nitrogens with zero attached hydrogens (tertiary/aromatic N) is 2. The largest absolute Gasteiger partial charge is 0.335 e. The highest BCUT2D eigenvalue weighted by molar-refractivity contribution is 6.05. The van der Waals surface area contributed by atoms with Gasteiger partial charge in [0.25, 0.3) is 5.91 Å². The van der Waals surface area contributed by atoms with Crippen LogP contribution in [0.25, 0.3) is 10.9 Å². The van der Waals surface area contributed by atoms with E-state index < -0.39 is 0 Å². The fourth-order valence-corrected chi connectivity index (χ4v) is 2.71. The van der Waals surface area contributed by atoms with Crippen LogP contribution in [-0.4, -0.2) is 40.1 Å². The highest BCUT2D eigenvalue weighted by Crippen LogP contribution is 2.23. The topological polar surface area (TPSA) is 75.0 Å². The van der Waals surface area contributed by atoms with E-state index in [2.05, 4.69) is 17.1 Å². The van der Waals surface area contributed by atoms with Crippen LogP contribution in [0.1, 0.15) is 23.0 Å². The number of H-pyrrole nitrogens is 1. The van der Waals surface area contributed by atoms with Gasteiger partial charge in [0.2, 0.25) is 0 Å². The van der Waals surface area contributed by atoms with Gasteiger partial charge >= 0.3 is 0 Å². The molecule has 1 saturated heterocycles. The molecule has 1 aliphatic rings. The second-order valence-electron chi connectivity index (χ2n) is 5.42. The Hall–Kier alpha value is -1.88. The summed E-state index contributed by atoms with van der Waals surface area (Å²) in [6.07, 6.45) is 0. The number of aryl methyl sites for hydroxylation is 1. The maximum atomic E-state index is 12.6. The minimum Gasteiger partial charge on any atom is -0.335 e. The van der Waals surface area contributed by atoms with Crippen molar-refractivity contribution in [2.75, 3.05) is 13.1 Å². The zero-order valence-corrected chi connectivity index (χ0v) is 11.2. The number of carbonyl (C=O) groups is 1. The molecule has 0 saturated carbocycles. The number of amides is 1. The van der Waals surface area contributed by atoms with Crippen LogP contribution in [-0.2, 0) is 0 Å². The van der Waals surface area contributed by atoms with Gasteiger partial charge in [0.05, 0.1) is 5.52 Å². The van der Waals surface area contributed by atoms with Gasteiger partial charge in [-0.25, -0.2) is 0 Å². The smallest absolute Gasteiger partial charge is 0.275 e. The highest BCUT2D eigenvalue weighted by atomic mass is 16.2. The van der Waals surface area contributed by atoms with Crippen molar-refractivity contribution < 1.29 is 4.79 Å². The van der Waals surface area contributed by atoms with Gasteiger partial charge in [0, 0.05) is 24.5 Å². The van der Waals surface area contributed by atoms with Crippen LogP contribution in [0, 0.1) is 12.8 Å². The van der Waals surface area contributed by atoms with E-state index in [4.69, 9.17) is 5.73 Å². The lowest BCUT2D eigenvalue weighted by molar-refractivity contribution is 0.0783. The summed E-state index contributed by atoms with van der Waals surface area (Å²) < 4.78 is 0. The average Bonchev–Trinajstić information content (AvgIpc) is 2.94. The molecule has 5 nitrogen and oxygen atoms in total. The Balaban J connectivity index is 1.99. The van der Waals surface area contributed by atoms with Crippen LogP contribution in [0.15, 0.2) is 18.2 Å². The molecule has 3 N–H and O–H groups in total. The van der Waals surface area contributed by atoms with Gasteiger partial charge in [0.1, 0.15) is 0 Å². The van der Waals surface area contributed by atoms with Crippen LogP contribution in [0.3, 0.4) is 0 Å². The second kappa shape index (κ2) is 4.35. The molecular formula is C14H18N4O. The molecule has 0 spiro atoms. The van der Waals surface area contributed by atoms with Crippen molar-refractivity contribution in [2.24, 2.45) is 11.7 Å². The first-order valence-corrected chi connectivity index (χ1v) is 6.56. The van der Waals surface area contributed by atoms with Crippen molar-refractivity contribution in [3.05, 3.63) is 29.5 Å². The number of likely N-dealkylation sites (tertiary alicyclic amines) is 1. The monoisotopic (exact) mass is 258 g/mol. The van der Waals surface area contributed by atoms with Crippen molar-refractivity contribution in [1.29, 1.82) is 0 Å². The quantitative estimate of drug-likeness (QED) is 0.809. The molecule has 1 aromatic heterocycles. The summed E-state index contributed by atoms with van der Waals surface area (Å²) in [5, 5.41) is 8.04. The van der Waals surface area contributed by atoms with Crippen LogP contribution in [0.2, 0.25) is 0 Å². The third kappa shape index (κ3) is 1.90. The molecular weight excluding hydrogens is 240 g/mol. The van der Waals surface area contributed by atoms with E-state index in [0.29, 0.717) is 24.7 Å². The standard InChI is InChI=1S/C14H18N4O/c1-8-4-3-5-11-12(8)13(17-16-11)14(19)18-6-9(2)10(15)7-18/h3-5,9-10H,6-7,15H2,1-2H3,(H,16,17)/t9-,10+/m1/s1. The normalized spacial score (nSPS) is 23.2. The zero-order chi connectivity index (χ0) is 13.6. The number of hydrogen-bond acceptors (Lipinski definition) is 3. The van der Waals surface area contributed by atoms with E-state index >= 15 is 0 Å². The van der Waals surface area contributed by atoms with E-state index in [0.717, 1.165) is 16.5 Å². The molecule has 1 aromatic carbocycles. The molecule has 1 aliphatic heterocycles. The minimum atomic E-state index is -0.0275. The van der Waals surface area contributed by atoms with Gasteiger partial charge < -0.3 is 10.6 Å². The number of aromatic nitrogens is 2. The summed E-state index contributed by atoms with van der Waals surface area (Å²) >= 11 is 0. The molecule has 2 heterocycles. The number of nitrogens with one attached hydrogen (secondary N) is 1. The SMILES string of the molecule is Cc1cccc2[nH]nc(C(=O)N3C[C@@H](C)[C@@H](N)C3)c12. The predicted molar refractivity (Wildman–Crippen MR) is 73.9 cm³/mol. The first-order valence-electron chi connectivity index (χ1n) is 6.56. The Bertz CT molecular complexity index is 623. The summed E-state index contributed by atoms with van der Waals surface area (Å²) in [7, 11) is 0. The van der Waals surface area contributed by atoms with Crippen molar-refractivity contribution in [1.82, 2.24) is 15.1 Å². The van der Waals surface area contributed by atoms with Gasteiger partial charge in [0.15, 0.2) is 5.69 Å². The van der Waals surface area contributed by atoms with Crippen LogP contribution >= 0.6 is 0 Å². The number of carbonyl (C=O) groups excluding carboxylic acids is 1. The molecule has 1 fully saturated rings. The molecule has 2 atom stereocenters. The fraction of sp³-hybridized carbons (Fsp3) is 0.429. The predicted octanol–water partition coefficient (Wildman–Crippen LogP) is 1.29.